The Balaban J connectivity index is 1.29. The molecular weight excluding hydrogens is 605 g/mol. The molecule has 4 aliphatic rings. The van der Waals surface area contributed by atoms with Crippen molar-refractivity contribution >= 4 is 28.7 Å². The molecule has 0 saturated heterocycles. The molecule has 10 nitrogen and oxygen atoms in total. The van der Waals surface area contributed by atoms with Crippen molar-refractivity contribution in [3.8, 4) is 11.4 Å². The lowest BCUT2D eigenvalue weighted by atomic mass is 9.76. The quantitative estimate of drug-likeness (QED) is 0.225. The zero-order valence-electron chi connectivity index (χ0n) is 27.0. The predicted octanol–water partition coefficient (Wildman–Crippen LogP) is 5.33. The van der Waals surface area contributed by atoms with E-state index in [1.165, 1.54) is 6.07 Å². The number of benzene rings is 1. The molecule has 3 aromatic rings. The molecule has 246 valence electrons. The van der Waals surface area contributed by atoms with Gasteiger partial charge in [0, 0.05) is 28.0 Å². The number of alkyl carbamates (subject to hydrolysis) is 1. The van der Waals surface area contributed by atoms with Crippen LogP contribution in [-0.4, -0.2) is 38.6 Å². The molecule has 11 heteroatoms. The molecule has 2 aromatic heterocycles. The van der Waals surface area contributed by atoms with Crippen molar-refractivity contribution in [3.63, 3.8) is 0 Å². The van der Waals surface area contributed by atoms with Gasteiger partial charge < -0.3 is 24.5 Å². The standard InChI is InChI=1S/C36H38FN3O7/c1-5-36(45)24-14-28-31-22(16-40(28)32(42)23(24)17-46-33(36)43)30-26(10-9-21-18(2)25(37)15-27(38-31)29(21)30)39-34(44)47-20-8-6-7-12-35(4,13-11-20)19(3)41/h6,8,14-15,20,26,45H,5,7,9-13,16-17H2,1-4H3,(H,39,44)/b8-6+/t20-,26-,35+,36-/m0/s1. The summed E-state index contributed by atoms with van der Waals surface area (Å²) >= 11 is 0. The largest absolute Gasteiger partial charge is 0.458 e. The number of aryl methyl sites for hydroxylation is 1. The Bertz CT molecular complexity index is 1980. The van der Waals surface area contributed by atoms with Gasteiger partial charge in [-0.3, -0.25) is 9.59 Å². The molecule has 1 amide bonds. The van der Waals surface area contributed by atoms with Gasteiger partial charge in [-0.1, -0.05) is 19.9 Å². The lowest BCUT2D eigenvalue weighted by Gasteiger charge is -2.31. The zero-order chi connectivity index (χ0) is 33.4. The minimum atomic E-state index is -1.98. The van der Waals surface area contributed by atoms with Crippen molar-refractivity contribution in [3.05, 3.63) is 73.8 Å². The lowest BCUT2D eigenvalue weighted by Crippen LogP contribution is -2.44. The topological polar surface area (TPSA) is 137 Å². The molecule has 7 rings (SSSR count). The number of pyridine rings is 2. The molecule has 2 aliphatic heterocycles. The summed E-state index contributed by atoms with van der Waals surface area (Å²) < 4.78 is 27.9. The number of nitrogens with zero attached hydrogens (tertiary/aromatic N) is 2. The van der Waals surface area contributed by atoms with Crippen LogP contribution in [0.25, 0.3) is 22.3 Å². The number of nitrogens with one attached hydrogen (secondary N) is 1. The summed E-state index contributed by atoms with van der Waals surface area (Å²) in [5.41, 5.74) is 1.58. The number of halogens is 1. The SMILES string of the molecule is CC[C@@]1(O)C(=O)OCc2c1cc1n(c2=O)Cc2c-1nc1cc(F)c(C)c3c1c2[C@@H](NC(=O)O[C@H]1/C=C/CC[C@@](C)(C(C)=O)CC1)CC3. The minimum absolute atomic E-state index is 0.0110. The monoisotopic (exact) mass is 643 g/mol. The van der Waals surface area contributed by atoms with E-state index in [-0.39, 0.29) is 36.5 Å². The van der Waals surface area contributed by atoms with Crippen molar-refractivity contribution < 1.29 is 33.4 Å². The fourth-order valence-corrected chi connectivity index (χ4v) is 7.80. The first-order valence-electron chi connectivity index (χ1n) is 16.3. The van der Waals surface area contributed by atoms with Gasteiger partial charge in [0.1, 0.15) is 24.3 Å². The average Bonchev–Trinajstić information content (AvgIpc) is 3.40. The third-order valence-corrected chi connectivity index (χ3v) is 11.0. The molecule has 0 unspecified atom stereocenters. The molecule has 0 bridgehead atoms. The van der Waals surface area contributed by atoms with Crippen LogP contribution < -0.4 is 10.9 Å². The first-order chi connectivity index (χ1) is 22.4. The number of cyclic esters (lactones) is 1. The summed E-state index contributed by atoms with van der Waals surface area (Å²) in [6.07, 6.45) is 6.29. The third-order valence-electron chi connectivity index (χ3n) is 11.0. The Kier molecular flexibility index (Phi) is 7.38. The summed E-state index contributed by atoms with van der Waals surface area (Å²) in [5.74, 6) is -1.08. The van der Waals surface area contributed by atoms with Gasteiger partial charge in [0.2, 0.25) is 0 Å². The van der Waals surface area contributed by atoms with E-state index < -0.39 is 46.6 Å². The number of fused-ring (bicyclic) bond motifs is 5. The van der Waals surface area contributed by atoms with Gasteiger partial charge in [-0.05, 0) is 87.6 Å². The van der Waals surface area contributed by atoms with E-state index in [1.54, 1.807) is 31.4 Å². The molecule has 47 heavy (non-hydrogen) atoms. The average molecular weight is 644 g/mol. The number of Topliss-reactive ketones (excluding diaryl/α,β-unsaturated/α-hetero) is 1. The van der Waals surface area contributed by atoms with Crippen molar-refractivity contribution in [2.24, 2.45) is 5.41 Å². The van der Waals surface area contributed by atoms with Crippen molar-refractivity contribution in [1.82, 2.24) is 14.9 Å². The molecule has 1 aromatic carbocycles. The minimum Gasteiger partial charge on any atom is -0.458 e. The van der Waals surface area contributed by atoms with Crippen molar-refractivity contribution in [2.75, 3.05) is 0 Å². The molecule has 4 atom stereocenters. The second-order valence-electron chi connectivity index (χ2n) is 13.6. The fourth-order valence-electron chi connectivity index (χ4n) is 7.80. The lowest BCUT2D eigenvalue weighted by molar-refractivity contribution is -0.172. The van der Waals surface area contributed by atoms with Crippen LogP contribution >= 0.6 is 0 Å². The number of aromatic nitrogens is 2. The number of ether oxygens (including phenoxy) is 2. The number of aliphatic hydroxyl groups is 1. The number of amides is 1. The van der Waals surface area contributed by atoms with Gasteiger partial charge in [-0.15, -0.1) is 0 Å². The summed E-state index contributed by atoms with van der Waals surface area (Å²) in [5, 5.41) is 15.1. The fraction of sp³-hybridized carbons (Fsp3) is 0.472. The first kappa shape index (κ1) is 31.2. The Morgan fingerprint density at radius 2 is 1.98 bits per heavy atom. The smallest absolute Gasteiger partial charge is 0.408 e. The highest BCUT2D eigenvalue weighted by Crippen LogP contribution is 2.46. The highest BCUT2D eigenvalue weighted by atomic mass is 19.1. The predicted molar refractivity (Wildman–Crippen MR) is 170 cm³/mol. The van der Waals surface area contributed by atoms with E-state index in [0.29, 0.717) is 60.1 Å². The summed E-state index contributed by atoms with van der Waals surface area (Å²) in [7, 11) is 0. The number of rotatable bonds is 4. The van der Waals surface area contributed by atoms with E-state index in [4.69, 9.17) is 14.5 Å². The van der Waals surface area contributed by atoms with Gasteiger partial charge in [-0.2, -0.15) is 0 Å². The van der Waals surface area contributed by atoms with Crippen LogP contribution in [0.15, 0.2) is 29.1 Å². The summed E-state index contributed by atoms with van der Waals surface area (Å²) in [6.45, 7) is 6.83. The Morgan fingerprint density at radius 1 is 1.19 bits per heavy atom. The van der Waals surface area contributed by atoms with E-state index >= 15 is 4.39 Å². The Labute approximate surface area is 271 Å². The van der Waals surface area contributed by atoms with E-state index in [0.717, 1.165) is 22.9 Å². The molecule has 0 fully saturated rings. The van der Waals surface area contributed by atoms with E-state index in [2.05, 4.69) is 5.32 Å². The molecule has 0 radical (unpaired) electrons. The summed E-state index contributed by atoms with van der Waals surface area (Å²) in [4.78, 5) is 57.1. The second kappa shape index (κ2) is 11.1. The maximum absolute atomic E-state index is 15.2. The highest BCUT2D eigenvalue weighted by Gasteiger charge is 2.46. The first-order valence-corrected chi connectivity index (χ1v) is 16.3. The summed E-state index contributed by atoms with van der Waals surface area (Å²) in [6, 6.07) is 2.48. The number of allylic oxidation sites excluding steroid dienone is 1. The zero-order valence-corrected chi connectivity index (χ0v) is 27.0. The molecular formula is C36H38FN3O7. The third kappa shape index (κ3) is 4.80. The second-order valence-corrected chi connectivity index (χ2v) is 13.6. The number of hydrogen-bond acceptors (Lipinski definition) is 8. The number of carbonyl (C=O) groups is 3. The van der Waals surface area contributed by atoms with Crippen molar-refractivity contribution in [1.29, 1.82) is 0 Å². The number of esters is 1. The molecule has 2 aliphatic carbocycles. The van der Waals surface area contributed by atoms with Gasteiger partial charge >= 0.3 is 12.1 Å². The van der Waals surface area contributed by atoms with Crippen LogP contribution in [0.3, 0.4) is 0 Å². The van der Waals surface area contributed by atoms with Gasteiger partial charge in [0.25, 0.3) is 5.56 Å². The van der Waals surface area contributed by atoms with Crippen molar-refractivity contribution in [2.45, 2.75) is 104 Å². The number of carbonyl (C=O) groups excluding carboxylic acids is 3. The van der Waals surface area contributed by atoms with Crippen LogP contribution in [-0.2, 0) is 44.2 Å². The van der Waals surface area contributed by atoms with Crippen LogP contribution in [0.1, 0.15) is 98.7 Å². The number of ketones is 1. The van der Waals surface area contributed by atoms with Gasteiger partial charge in [0.15, 0.2) is 5.60 Å². The molecule has 0 spiro atoms. The molecule has 0 saturated carbocycles. The number of hydrogen-bond donors (Lipinski definition) is 2. The maximum atomic E-state index is 15.2. The highest BCUT2D eigenvalue weighted by molar-refractivity contribution is 5.93. The Morgan fingerprint density at radius 3 is 2.72 bits per heavy atom. The normalized spacial score (nSPS) is 26.7. The van der Waals surface area contributed by atoms with Crippen LogP contribution in [0.5, 0.6) is 0 Å². The van der Waals surface area contributed by atoms with Crippen LogP contribution in [0.2, 0.25) is 0 Å². The van der Waals surface area contributed by atoms with E-state index in [1.807, 2.05) is 19.1 Å². The molecule has 2 N–H and O–H groups in total. The maximum Gasteiger partial charge on any atom is 0.408 e. The Hall–Kier alpha value is -4.38. The molecule has 4 heterocycles. The van der Waals surface area contributed by atoms with Crippen LogP contribution in [0, 0.1) is 18.2 Å². The van der Waals surface area contributed by atoms with Crippen LogP contribution in [0.4, 0.5) is 9.18 Å². The van der Waals surface area contributed by atoms with Gasteiger partial charge in [0.05, 0.1) is 35.1 Å². The van der Waals surface area contributed by atoms with E-state index in [9.17, 15) is 24.3 Å². The van der Waals surface area contributed by atoms with Gasteiger partial charge in [-0.25, -0.2) is 19.0 Å².